The first-order valence-corrected chi connectivity index (χ1v) is 12.9. The Balaban J connectivity index is 3.09. The second kappa shape index (κ2) is 18.1. The highest BCUT2D eigenvalue weighted by Crippen LogP contribution is 2.07. The minimum Gasteiger partial charge on any atom is -0.481 e. The van der Waals surface area contributed by atoms with Crippen molar-refractivity contribution in [2.45, 2.75) is 57.8 Å². The van der Waals surface area contributed by atoms with Crippen LogP contribution in [-0.2, 0) is 49.7 Å². The molecule has 0 aliphatic carbocycles. The van der Waals surface area contributed by atoms with E-state index in [1.54, 1.807) is 30.3 Å². The average Bonchev–Trinajstić information content (AvgIpc) is 2.95. The van der Waals surface area contributed by atoms with E-state index in [0.717, 1.165) is 0 Å². The Morgan fingerprint density at radius 1 is 0.818 bits per heavy atom. The van der Waals surface area contributed by atoms with E-state index in [1.807, 2.05) is 5.43 Å². The molecule has 5 amide bonds. The molecule has 18 heteroatoms. The van der Waals surface area contributed by atoms with Gasteiger partial charge in [-0.05, 0) is 17.9 Å². The molecule has 1 aromatic carbocycles. The molecule has 0 saturated heterocycles. The van der Waals surface area contributed by atoms with Gasteiger partial charge in [-0.2, -0.15) is 0 Å². The number of amides is 5. The summed E-state index contributed by atoms with van der Waals surface area (Å²) in [4.78, 5) is 107. The van der Waals surface area contributed by atoms with E-state index in [1.165, 1.54) is 13.8 Å². The van der Waals surface area contributed by atoms with Crippen LogP contribution in [-0.4, -0.2) is 98.9 Å². The molecule has 240 valence electrons. The molecule has 18 nitrogen and oxygen atoms in total. The van der Waals surface area contributed by atoms with Crippen LogP contribution in [0.2, 0.25) is 0 Å². The highest BCUT2D eigenvalue weighted by Gasteiger charge is 2.33. The summed E-state index contributed by atoms with van der Waals surface area (Å²) in [5.74, 6) is -10.0. The maximum atomic E-state index is 13.1. The molecule has 0 aliphatic rings. The van der Waals surface area contributed by atoms with Crippen molar-refractivity contribution in [2.24, 2.45) is 5.92 Å². The maximum Gasteiger partial charge on any atom is 0.408 e. The van der Waals surface area contributed by atoms with Crippen LogP contribution >= 0.6 is 0 Å². The molecule has 0 fully saturated rings. The molecule has 0 spiro atoms. The fourth-order valence-electron chi connectivity index (χ4n) is 3.46. The normalized spacial score (nSPS) is 12.4. The van der Waals surface area contributed by atoms with Gasteiger partial charge in [-0.1, -0.05) is 44.2 Å². The molecule has 0 aliphatic heterocycles. The fraction of sp³-hybridized carbons (Fsp3) is 0.423. The molecule has 0 saturated carbocycles. The summed E-state index contributed by atoms with van der Waals surface area (Å²) in [5, 5.41) is 34.0. The van der Waals surface area contributed by atoms with Crippen molar-refractivity contribution < 1.29 is 63.2 Å². The van der Waals surface area contributed by atoms with E-state index in [9.17, 15) is 48.3 Å². The van der Waals surface area contributed by atoms with Gasteiger partial charge in [0.2, 0.25) is 18.1 Å². The molecule has 3 atom stereocenters. The molecule has 1 rings (SSSR count). The van der Waals surface area contributed by atoms with Crippen molar-refractivity contribution in [3.05, 3.63) is 35.9 Å². The predicted octanol–water partition coefficient (Wildman–Crippen LogP) is -1.61. The predicted molar refractivity (Wildman–Crippen MR) is 145 cm³/mol. The van der Waals surface area contributed by atoms with Crippen molar-refractivity contribution in [1.29, 1.82) is 0 Å². The van der Waals surface area contributed by atoms with Crippen molar-refractivity contribution in [3.63, 3.8) is 0 Å². The summed E-state index contributed by atoms with van der Waals surface area (Å²) in [6.45, 7) is 1.60. The zero-order valence-electron chi connectivity index (χ0n) is 23.7. The molecule has 7 N–H and O–H groups in total. The number of carbonyl (C=O) groups is 9. The topological polar surface area (TPSA) is 275 Å². The Morgan fingerprint density at radius 3 is 1.95 bits per heavy atom. The highest BCUT2D eigenvalue weighted by molar-refractivity contribution is 6.24. The third-order valence-corrected chi connectivity index (χ3v) is 5.63. The Bertz CT molecular complexity index is 1240. The molecule has 0 aromatic heterocycles. The summed E-state index contributed by atoms with van der Waals surface area (Å²) in [6.07, 6.45) is -3.54. The Hall–Kier alpha value is -5.55. The number of ether oxygens (including phenoxy) is 1. The lowest BCUT2D eigenvalue weighted by Crippen LogP contribution is -2.60. The van der Waals surface area contributed by atoms with Crippen LogP contribution in [0.15, 0.2) is 30.3 Å². The second-order valence-electron chi connectivity index (χ2n) is 9.49. The fourth-order valence-corrected chi connectivity index (χ4v) is 3.46. The maximum absolute atomic E-state index is 13.1. The molecule has 0 radical (unpaired) electrons. The third kappa shape index (κ3) is 13.4. The van der Waals surface area contributed by atoms with Crippen molar-refractivity contribution in [1.82, 2.24) is 26.4 Å². The summed E-state index contributed by atoms with van der Waals surface area (Å²) >= 11 is 0. The lowest BCUT2D eigenvalue weighted by Gasteiger charge is -2.28. The van der Waals surface area contributed by atoms with Crippen LogP contribution in [0.4, 0.5) is 4.79 Å². The number of nitrogens with one attached hydrogen (secondary N) is 4. The molecule has 1 aromatic rings. The first-order chi connectivity index (χ1) is 20.6. The summed E-state index contributed by atoms with van der Waals surface area (Å²) in [6, 6.07) is 3.46. The molecule has 0 unspecified atom stereocenters. The molecule has 0 bridgehead atoms. The number of carbonyl (C=O) groups excluding carboxylic acids is 6. The number of hydrogen-bond donors (Lipinski definition) is 7. The molecular weight excluding hydrogens is 590 g/mol. The van der Waals surface area contributed by atoms with Gasteiger partial charge < -0.3 is 36.0 Å². The number of carboxylic acids is 3. The van der Waals surface area contributed by atoms with Crippen LogP contribution in [0.5, 0.6) is 0 Å². The second-order valence-corrected chi connectivity index (χ2v) is 9.49. The van der Waals surface area contributed by atoms with Gasteiger partial charge in [-0.25, -0.2) is 9.80 Å². The van der Waals surface area contributed by atoms with E-state index >= 15 is 0 Å². The van der Waals surface area contributed by atoms with Gasteiger partial charge in [0.1, 0.15) is 31.3 Å². The van der Waals surface area contributed by atoms with E-state index in [-0.39, 0.29) is 17.9 Å². The summed E-state index contributed by atoms with van der Waals surface area (Å²) < 4.78 is 5.00. The number of hydrazine groups is 1. The monoisotopic (exact) mass is 623 g/mol. The standard InChI is InChI=1S/C26H33N5O13/c1-14(2)22(25(42)30-31(11-21(38)39)18(33)12-32)29-23(40)16(8-9-19(34)35)27-24(41)17(10-20(36)37)28-26(43)44-13-15-6-4-3-5-7-15/h3-7,12,14,16-17,22H,8-11,13H2,1-2H3,(H,27,41)(H,28,43)(H,29,40)(H,30,42)(H,34,35)(H,36,37)(H,38,39)/t16-,17-,22-/m0/s1. The number of benzene rings is 1. The number of hydrogen-bond acceptors (Lipinski definition) is 10. The van der Waals surface area contributed by atoms with Crippen molar-refractivity contribution in [2.75, 3.05) is 6.54 Å². The van der Waals surface area contributed by atoms with E-state index in [4.69, 9.17) is 14.9 Å². The van der Waals surface area contributed by atoms with E-state index in [2.05, 4.69) is 16.0 Å². The van der Waals surface area contributed by atoms with Gasteiger partial charge in [0.15, 0.2) is 0 Å². The van der Waals surface area contributed by atoms with Gasteiger partial charge in [0.05, 0.1) is 6.42 Å². The van der Waals surface area contributed by atoms with Gasteiger partial charge in [-0.15, -0.1) is 0 Å². The number of aldehydes is 1. The average molecular weight is 624 g/mol. The van der Waals surface area contributed by atoms with Crippen molar-refractivity contribution >= 4 is 53.9 Å². The number of nitrogens with zero attached hydrogens (tertiary/aromatic N) is 1. The van der Waals surface area contributed by atoms with Gasteiger partial charge in [-0.3, -0.25) is 43.8 Å². The Morgan fingerprint density at radius 2 is 1.43 bits per heavy atom. The van der Waals surface area contributed by atoms with E-state index in [0.29, 0.717) is 5.56 Å². The smallest absolute Gasteiger partial charge is 0.408 e. The molecular formula is C26H33N5O13. The number of carboxylic acid groups (broad SMARTS) is 3. The van der Waals surface area contributed by atoms with Crippen molar-refractivity contribution in [3.8, 4) is 0 Å². The Labute approximate surface area is 250 Å². The van der Waals surface area contributed by atoms with Crippen LogP contribution in [0.1, 0.15) is 38.7 Å². The number of aliphatic carboxylic acids is 3. The SMILES string of the molecule is CC(C)[C@H](NC(=O)[C@H](CCC(=O)O)NC(=O)[C@H](CC(=O)O)NC(=O)OCc1ccccc1)C(=O)NN(CC(=O)O)C(=O)C=O. The van der Waals surface area contributed by atoms with Crippen LogP contribution < -0.4 is 21.4 Å². The van der Waals surface area contributed by atoms with Gasteiger partial charge in [0.25, 0.3) is 5.91 Å². The van der Waals surface area contributed by atoms with Crippen LogP contribution in [0.25, 0.3) is 0 Å². The minimum atomic E-state index is -1.76. The van der Waals surface area contributed by atoms with Crippen LogP contribution in [0, 0.1) is 5.92 Å². The first-order valence-electron chi connectivity index (χ1n) is 12.9. The number of rotatable bonds is 17. The lowest BCUT2D eigenvalue weighted by molar-refractivity contribution is -0.152. The van der Waals surface area contributed by atoms with Gasteiger partial charge >= 0.3 is 29.9 Å². The number of alkyl carbamates (subject to hydrolysis) is 1. The van der Waals surface area contributed by atoms with E-state index < -0.39 is 97.5 Å². The first kappa shape index (κ1) is 36.5. The molecule has 44 heavy (non-hydrogen) atoms. The lowest BCUT2D eigenvalue weighted by atomic mass is 10.0. The zero-order valence-corrected chi connectivity index (χ0v) is 23.7. The largest absolute Gasteiger partial charge is 0.481 e. The van der Waals surface area contributed by atoms with Crippen LogP contribution in [0.3, 0.4) is 0 Å². The summed E-state index contributed by atoms with van der Waals surface area (Å²) in [5.41, 5.74) is 2.51. The third-order valence-electron chi connectivity index (χ3n) is 5.63. The zero-order chi connectivity index (χ0) is 33.4. The minimum absolute atomic E-state index is 0.196. The quantitative estimate of drug-likeness (QED) is 0.0585. The molecule has 0 heterocycles. The summed E-state index contributed by atoms with van der Waals surface area (Å²) in [7, 11) is 0. The Kier molecular flexibility index (Phi) is 15.0. The van der Waals surface area contributed by atoms with Gasteiger partial charge in [0, 0.05) is 6.42 Å². The highest BCUT2D eigenvalue weighted by atomic mass is 16.5.